The van der Waals surface area contributed by atoms with E-state index in [9.17, 15) is 26.4 Å². The molecule has 280 valence electrons. The summed E-state index contributed by atoms with van der Waals surface area (Å²) in [6.45, 7) is 5.95. The van der Waals surface area contributed by atoms with Gasteiger partial charge in [-0.3, -0.25) is 19.0 Å². The van der Waals surface area contributed by atoms with Gasteiger partial charge in [-0.1, -0.05) is 96.1 Å². The Hall–Kier alpha value is -5.72. The Balaban J connectivity index is 0.000000208. The summed E-state index contributed by atoms with van der Waals surface area (Å²) in [4.78, 5) is 22.9. The fraction of sp³-hybridized carbons (Fsp3) is 0.190. The number of anilines is 2. The summed E-state index contributed by atoms with van der Waals surface area (Å²) in [5, 5.41) is 12.2. The van der Waals surface area contributed by atoms with E-state index >= 15 is 0 Å². The first-order valence-electron chi connectivity index (χ1n) is 17.3. The molecule has 0 fully saturated rings. The van der Waals surface area contributed by atoms with Crippen LogP contribution in [0.15, 0.2) is 131 Å². The molecule has 6 aromatic rings. The van der Waals surface area contributed by atoms with Crippen LogP contribution < -0.4 is 9.44 Å². The molecule has 0 saturated heterocycles. The first-order chi connectivity index (χ1) is 25.8. The molecule has 6 aromatic carbocycles. The Morgan fingerprint density at radius 2 is 0.944 bits per heavy atom. The molecular weight excluding hydrogens is 725 g/mol. The molecule has 0 aliphatic rings. The molecule has 0 aliphatic carbocycles. The average molecular weight is 767 g/mol. The highest BCUT2D eigenvalue weighted by molar-refractivity contribution is 7.93. The van der Waals surface area contributed by atoms with Crippen LogP contribution in [0.3, 0.4) is 0 Å². The zero-order valence-corrected chi connectivity index (χ0v) is 31.8. The van der Waals surface area contributed by atoms with E-state index in [0.29, 0.717) is 30.8 Å². The van der Waals surface area contributed by atoms with Crippen LogP contribution in [0.1, 0.15) is 42.0 Å². The lowest BCUT2D eigenvalue weighted by Crippen LogP contribution is -2.13. The van der Waals surface area contributed by atoms with Gasteiger partial charge < -0.3 is 9.84 Å². The summed E-state index contributed by atoms with van der Waals surface area (Å²) in [5.41, 5.74) is 4.81. The molecule has 0 spiro atoms. The van der Waals surface area contributed by atoms with Crippen molar-refractivity contribution in [2.75, 3.05) is 16.1 Å². The first-order valence-corrected chi connectivity index (χ1v) is 20.3. The van der Waals surface area contributed by atoms with Crippen molar-refractivity contribution in [1.29, 1.82) is 0 Å². The maximum Gasteiger partial charge on any atom is 0.306 e. The van der Waals surface area contributed by atoms with Crippen molar-refractivity contribution in [3.8, 4) is 0 Å². The normalized spacial score (nSPS) is 11.4. The van der Waals surface area contributed by atoms with E-state index in [4.69, 9.17) is 9.84 Å². The van der Waals surface area contributed by atoms with Gasteiger partial charge in [-0.2, -0.15) is 0 Å². The topological polar surface area (TPSA) is 156 Å². The monoisotopic (exact) mass is 766 g/mol. The second-order valence-electron chi connectivity index (χ2n) is 12.7. The van der Waals surface area contributed by atoms with Gasteiger partial charge in [0.25, 0.3) is 20.0 Å². The van der Waals surface area contributed by atoms with Crippen LogP contribution >= 0.6 is 0 Å². The number of carboxylic acid groups (broad SMARTS) is 1. The van der Waals surface area contributed by atoms with Gasteiger partial charge in [0.1, 0.15) is 0 Å². The summed E-state index contributed by atoms with van der Waals surface area (Å²) >= 11 is 0. The Labute approximate surface area is 315 Å². The van der Waals surface area contributed by atoms with Gasteiger partial charge in [0.2, 0.25) is 0 Å². The number of aliphatic carboxylic acids is 1. The molecule has 0 bridgehead atoms. The molecule has 0 amide bonds. The van der Waals surface area contributed by atoms with E-state index in [1.807, 2.05) is 68.4 Å². The number of nitrogens with one attached hydrogen (secondary N) is 2. The van der Waals surface area contributed by atoms with Gasteiger partial charge in [-0.15, -0.1) is 0 Å². The summed E-state index contributed by atoms with van der Waals surface area (Å²) in [6.07, 6.45) is 1.23. The van der Waals surface area contributed by atoms with Crippen molar-refractivity contribution in [1.82, 2.24) is 0 Å². The van der Waals surface area contributed by atoms with Crippen molar-refractivity contribution in [3.63, 3.8) is 0 Å². The zero-order chi connectivity index (χ0) is 38.9. The molecule has 0 radical (unpaired) electrons. The Morgan fingerprint density at radius 3 is 1.33 bits per heavy atom. The van der Waals surface area contributed by atoms with Gasteiger partial charge in [-0.25, -0.2) is 16.8 Å². The quantitative estimate of drug-likeness (QED) is 0.0990. The molecule has 10 nitrogen and oxygen atoms in total. The van der Waals surface area contributed by atoms with E-state index in [2.05, 4.69) is 9.44 Å². The van der Waals surface area contributed by atoms with Crippen molar-refractivity contribution in [2.24, 2.45) is 0 Å². The SMILES string of the molecule is CCOC(=O)CCc1ccc(NS(=O)(=O)c2ccc(C)cc2)c2ccccc12.Cc1ccc(S(=O)(=O)Nc2ccc(CCC(=O)O)c3ccccc23)cc1. The van der Waals surface area contributed by atoms with E-state index in [1.165, 1.54) is 0 Å². The number of ether oxygens (including phenoxy) is 1. The van der Waals surface area contributed by atoms with Crippen molar-refractivity contribution >= 4 is 64.9 Å². The third kappa shape index (κ3) is 10.0. The molecule has 0 saturated carbocycles. The minimum atomic E-state index is -3.70. The fourth-order valence-electron chi connectivity index (χ4n) is 5.89. The lowest BCUT2D eigenvalue weighted by molar-refractivity contribution is -0.143. The van der Waals surface area contributed by atoms with Crippen LogP contribution in [0.2, 0.25) is 0 Å². The Kier molecular flexibility index (Phi) is 12.7. The highest BCUT2D eigenvalue weighted by Crippen LogP contribution is 2.31. The standard InChI is InChI=1S/C22H23NO4S.C20H19NO4S/c1-3-27-22(24)15-11-17-10-14-21(20-7-5-4-6-19(17)20)23-28(25,26)18-12-8-16(2)9-13-18;1-14-6-10-16(11-7-14)26(24,25)21-19-12-8-15(9-13-20(22)23)17-4-2-3-5-18(17)19/h4-10,12-14,23H,3,11,15H2,1-2H3;2-8,10-12,21H,9,13H2,1H3,(H,22,23). The van der Waals surface area contributed by atoms with Crippen LogP contribution in [-0.2, 0) is 47.2 Å². The predicted molar refractivity (Wildman–Crippen MR) is 213 cm³/mol. The maximum absolute atomic E-state index is 12.8. The molecule has 3 N–H and O–H groups in total. The first kappa shape index (κ1) is 39.5. The lowest BCUT2D eigenvalue weighted by Gasteiger charge is -2.14. The number of rotatable bonds is 13. The highest BCUT2D eigenvalue weighted by Gasteiger charge is 2.18. The third-order valence-electron chi connectivity index (χ3n) is 8.69. The lowest BCUT2D eigenvalue weighted by atomic mass is 10.00. The summed E-state index contributed by atoms with van der Waals surface area (Å²) in [6, 6.07) is 35.4. The fourth-order valence-corrected chi connectivity index (χ4v) is 8.05. The van der Waals surface area contributed by atoms with Crippen molar-refractivity contribution in [3.05, 3.63) is 144 Å². The van der Waals surface area contributed by atoms with Crippen LogP contribution in [0.4, 0.5) is 11.4 Å². The number of hydrogen-bond donors (Lipinski definition) is 3. The number of carboxylic acids is 1. The molecule has 0 atom stereocenters. The van der Waals surface area contributed by atoms with Crippen molar-refractivity contribution < 1.29 is 36.3 Å². The van der Waals surface area contributed by atoms with Gasteiger partial charge in [0.15, 0.2) is 0 Å². The minimum absolute atomic E-state index is 0.0262. The second kappa shape index (κ2) is 17.4. The molecule has 0 aliphatic heterocycles. The molecule has 12 heteroatoms. The van der Waals surface area contributed by atoms with E-state index in [0.717, 1.165) is 43.8 Å². The van der Waals surface area contributed by atoms with Gasteiger partial charge in [0, 0.05) is 23.6 Å². The molecular formula is C42H42N2O8S2. The molecule has 0 unspecified atom stereocenters. The van der Waals surface area contributed by atoms with E-state index < -0.39 is 26.0 Å². The number of aryl methyl sites for hydroxylation is 4. The number of benzene rings is 6. The van der Waals surface area contributed by atoms with Gasteiger partial charge >= 0.3 is 11.9 Å². The number of carbonyl (C=O) groups is 2. The van der Waals surface area contributed by atoms with Gasteiger partial charge in [0.05, 0.1) is 27.8 Å². The van der Waals surface area contributed by atoms with E-state index in [1.54, 1.807) is 73.7 Å². The third-order valence-corrected chi connectivity index (χ3v) is 11.5. The van der Waals surface area contributed by atoms with Crippen LogP contribution in [0.5, 0.6) is 0 Å². The Morgan fingerprint density at radius 1 is 0.556 bits per heavy atom. The number of sulfonamides is 2. The van der Waals surface area contributed by atoms with Crippen molar-refractivity contribution in [2.45, 2.75) is 56.2 Å². The summed E-state index contributed by atoms with van der Waals surface area (Å²) in [5.74, 6) is -1.10. The van der Waals surface area contributed by atoms with E-state index in [-0.39, 0.29) is 28.6 Å². The molecule has 6 rings (SSSR count). The highest BCUT2D eigenvalue weighted by atomic mass is 32.2. The smallest absolute Gasteiger partial charge is 0.306 e. The second-order valence-corrected chi connectivity index (χ2v) is 16.0. The van der Waals surface area contributed by atoms with Crippen LogP contribution in [0, 0.1) is 13.8 Å². The average Bonchev–Trinajstić information content (AvgIpc) is 3.15. The predicted octanol–water partition coefficient (Wildman–Crippen LogP) is 8.41. The van der Waals surface area contributed by atoms with Gasteiger partial charge in [-0.05, 0) is 91.9 Å². The van der Waals surface area contributed by atoms with Crippen LogP contribution in [-0.4, -0.2) is 40.5 Å². The Bertz CT molecular complexity index is 2500. The number of fused-ring (bicyclic) bond motifs is 2. The number of carbonyl (C=O) groups excluding carboxylic acids is 1. The minimum Gasteiger partial charge on any atom is -0.481 e. The molecule has 0 aromatic heterocycles. The van der Waals surface area contributed by atoms with Crippen LogP contribution in [0.25, 0.3) is 21.5 Å². The molecule has 54 heavy (non-hydrogen) atoms. The maximum atomic E-state index is 12.8. The summed E-state index contributed by atoms with van der Waals surface area (Å²) < 4.78 is 61.2. The summed E-state index contributed by atoms with van der Waals surface area (Å²) in [7, 11) is -7.40. The molecule has 0 heterocycles. The largest absolute Gasteiger partial charge is 0.481 e. The zero-order valence-electron chi connectivity index (χ0n) is 30.2. The number of hydrogen-bond acceptors (Lipinski definition) is 7. The number of esters is 1.